The summed E-state index contributed by atoms with van der Waals surface area (Å²) in [5.41, 5.74) is 0.437. The van der Waals surface area contributed by atoms with Gasteiger partial charge < -0.3 is 5.32 Å². The minimum atomic E-state index is 0.437. The molecule has 3 heteroatoms. The number of rotatable bonds is 5. The average molecular weight is 321 g/mol. The topological polar surface area (TPSA) is 12.0 Å². The number of hydrogen-bond donors (Lipinski definition) is 1. The lowest BCUT2D eigenvalue weighted by Crippen LogP contribution is -2.45. The Labute approximate surface area is 110 Å². The molecule has 88 valence electrons. The molecule has 0 radical (unpaired) electrons. The van der Waals surface area contributed by atoms with E-state index < -0.39 is 0 Å². The summed E-state index contributed by atoms with van der Waals surface area (Å²) in [6, 6.07) is 0. The Hall–Kier alpha value is 0.755. The lowest BCUT2D eigenvalue weighted by Gasteiger charge is -2.27. The van der Waals surface area contributed by atoms with Crippen LogP contribution in [0.2, 0.25) is 5.31 Å². The zero-order valence-electron chi connectivity index (χ0n) is 10.7. The fourth-order valence-corrected chi connectivity index (χ4v) is 3.67. The Morgan fingerprint density at radius 2 is 2.13 bits per heavy atom. The molecule has 1 fully saturated rings. The molecule has 0 amide bonds. The van der Waals surface area contributed by atoms with Crippen molar-refractivity contribution in [3.05, 3.63) is 0 Å². The lowest BCUT2D eigenvalue weighted by molar-refractivity contribution is 0.450. The van der Waals surface area contributed by atoms with Gasteiger partial charge in [-0.3, -0.25) is 0 Å². The van der Waals surface area contributed by atoms with Gasteiger partial charge in [0.25, 0.3) is 0 Å². The molecular weight excluding hydrogens is 296 g/mol. The van der Waals surface area contributed by atoms with Crippen molar-refractivity contribution >= 4 is 29.9 Å². The molecule has 1 aliphatic rings. The SMILES string of the molecule is CCC1(CI)BC(C)(CCC(C)C)CN1. The molecule has 0 aromatic carbocycles. The van der Waals surface area contributed by atoms with E-state index in [-0.39, 0.29) is 0 Å². The van der Waals surface area contributed by atoms with Gasteiger partial charge in [0.05, 0.1) is 0 Å². The molecule has 15 heavy (non-hydrogen) atoms. The van der Waals surface area contributed by atoms with Gasteiger partial charge in [-0.15, -0.1) is 0 Å². The molecule has 0 aromatic rings. The van der Waals surface area contributed by atoms with Crippen LogP contribution in [0.1, 0.15) is 47.0 Å². The third-order valence-corrected chi connectivity index (χ3v) is 5.37. The maximum Gasteiger partial charge on any atom is 0.155 e. The Morgan fingerprint density at radius 1 is 1.47 bits per heavy atom. The van der Waals surface area contributed by atoms with Crippen molar-refractivity contribution in [3.63, 3.8) is 0 Å². The first-order chi connectivity index (χ1) is 6.95. The fourth-order valence-electron chi connectivity index (χ4n) is 2.60. The summed E-state index contributed by atoms with van der Waals surface area (Å²) in [7, 11) is 1.37. The van der Waals surface area contributed by atoms with Gasteiger partial charge in [0.2, 0.25) is 0 Å². The standard InChI is InChI=1S/C12H25BIN/c1-5-12(8-14)13-11(4,9-15-12)7-6-10(2)3/h10,13,15H,5-9H2,1-4H3. The molecule has 0 aromatic heterocycles. The van der Waals surface area contributed by atoms with E-state index in [0.717, 1.165) is 5.92 Å². The third-order valence-electron chi connectivity index (χ3n) is 3.91. The molecule has 2 atom stereocenters. The lowest BCUT2D eigenvalue weighted by atomic mass is 9.44. The van der Waals surface area contributed by atoms with Gasteiger partial charge in [-0.2, -0.15) is 0 Å². The predicted octanol–water partition coefficient (Wildman–Crippen LogP) is 3.18. The van der Waals surface area contributed by atoms with Crippen LogP contribution >= 0.6 is 22.6 Å². The van der Waals surface area contributed by atoms with Crippen molar-refractivity contribution in [3.8, 4) is 0 Å². The van der Waals surface area contributed by atoms with Crippen LogP contribution in [0.25, 0.3) is 0 Å². The van der Waals surface area contributed by atoms with E-state index >= 15 is 0 Å². The van der Waals surface area contributed by atoms with E-state index in [1.807, 2.05) is 0 Å². The molecule has 1 saturated heterocycles. The normalized spacial score (nSPS) is 35.9. The van der Waals surface area contributed by atoms with Crippen LogP contribution in [0.5, 0.6) is 0 Å². The summed E-state index contributed by atoms with van der Waals surface area (Å²) in [5.74, 6) is 0.845. The maximum atomic E-state index is 3.78. The van der Waals surface area contributed by atoms with E-state index in [9.17, 15) is 0 Å². The molecule has 1 nitrogen and oxygen atoms in total. The zero-order chi connectivity index (χ0) is 11.5. The summed E-state index contributed by atoms with van der Waals surface area (Å²) >= 11 is 2.54. The monoisotopic (exact) mass is 321 g/mol. The molecule has 2 unspecified atom stereocenters. The van der Waals surface area contributed by atoms with Crippen molar-refractivity contribution in [1.29, 1.82) is 0 Å². The van der Waals surface area contributed by atoms with Crippen LogP contribution in [-0.4, -0.2) is 23.7 Å². The third kappa shape index (κ3) is 3.62. The smallest absolute Gasteiger partial charge is 0.155 e. The minimum Gasteiger partial charge on any atom is -0.318 e. The van der Waals surface area contributed by atoms with Gasteiger partial charge in [-0.25, -0.2) is 0 Å². The Kier molecular flexibility index (Phi) is 4.97. The maximum absolute atomic E-state index is 3.78. The fraction of sp³-hybridized carbons (Fsp3) is 1.00. The molecule has 0 saturated carbocycles. The van der Waals surface area contributed by atoms with Crippen molar-refractivity contribution in [2.75, 3.05) is 11.0 Å². The van der Waals surface area contributed by atoms with Crippen LogP contribution < -0.4 is 5.32 Å². The van der Waals surface area contributed by atoms with Crippen LogP contribution in [-0.2, 0) is 0 Å². The van der Waals surface area contributed by atoms with E-state index in [4.69, 9.17) is 0 Å². The second-order valence-electron chi connectivity index (χ2n) is 6.04. The van der Waals surface area contributed by atoms with Crippen LogP contribution in [0.15, 0.2) is 0 Å². The van der Waals surface area contributed by atoms with Crippen LogP contribution in [0, 0.1) is 5.92 Å². The summed E-state index contributed by atoms with van der Waals surface area (Å²) in [6.07, 6.45) is 4.03. The Balaban J connectivity index is 2.52. The van der Waals surface area contributed by atoms with E-state index in [1.165, 1.54) is 37.5 Å². The summed E-state index contributed by atoms with van der Waals surface area (Å²) < 4.78 is 1.25. The van der Waals surface area contributed by atoms with Gasteiger partial charge in [0.1, 0.15) is 0 Å². The number of hydrogen-bond acceptors (Lipinski definition) is 1. The predicted molar refractivity (Wildman–Crippen MR) is 79.5 cm³/mol. The van der Waals surface area contributed by atoms with Gasteiger partial charge in [0.15, 0.2) is 7.28 Å². The summed E-state index contributed by atoms with van der Waals surface area (Å²) in [6.45, 7) is 10.7. The largest absolute Gasteiger partial charge is 0.318 e. The number of alkyl halides is 1. The molecule has 1 aliphatic heterocycles. The summed E-state index contributed by atoms with van der Waals surface area (Å²) in [4.78, 5) is 0. The van der Waals surface area contributed by atoms with Gasteiger partial charge in [-0.1, -0.05) is 63.1 Å². The second-order valence-corrected chi connectivity index (χ2v) is 6.80. The number of halogens is 1. The van der Waals surface area contributed by atoms with E-state index in [2.05, 4.69) is 55.6 Å². The molecule has 1 heterocycles. The molecule has 1 rings (SSSR count). The highest BCUT2D eigenvalue weighted by Gasteiger charge is 2.44. The van der Waals surface area contributed by atoms with Crippen molar-refractivity contribution < 1.29 is 0 Å². The highest BCUT2D eigenvalue weighted by molar-refractivity contribution is 14.1. The minimum absolute atomic E-state index is 0.437. The van der Waals surface area contributed by atoms with Crippen LogP contribution in [0.3, 0.4) is 0 Å². The molecule has 0 aliphatic carbocycles. The van der Waals surface area contributed by atoms with Crippen molar-refractivity contribution in [2.45, 2.75) is 57.7 Å². The highest BCUT2D eigenvalue weighted by atomic mass is 127. The Bertz CT molecular complexity index is 204. The van der Waals surface area contributed by atoms with Crippen molar-refractivity contribution in [1.82, 2.24) is 5.32 Å². The molecular formula is C12H25BIN. The molecule has 1 N–H and O–H groups in total. The molecule has 0 spiro atoms. The van der Waals surface area contributed by atoms with Gasteiger partial charge in [-0.05, 0) is 29.6 Å². The van der Waals surface area contributed by atoms with Crippen LogP contribution in [0.4, 0.5) is 0 Å². The molecule has 0 bridgehead atoms. The van der Waals surface area contributed by atoms with Crippen molar-refractivity contribution in [2.24, 2.45) is 5.92 Å². The number of nitrogens with one attached hydrogen (secondary N) is 1. The first-order valence-corrected chi connectivity index (χ1v) is 7.79. The zero-order valence-corrected chi connectivity index (χ0v) is 12.9. The first-order valence-electron chi connectivity index (χ1n) is 6.26. The quantitative estimate of drug-likeness (QED) is 0.466. The first kappa shape index (κ1) is 13.8. The average Bonchev–Trinajstić information content (AvgIpc) is 2.55. The van der Waals surface area contributed by atoms with E-state index in [1.54, 1.807) is 0 Å². The van der Waals surface area contributed by atoms with E-state index in [0.29, 0.717) is 10.8 Å². The highest BCUT2D eigenvalue weighted by Crippen LogP contribution is 2.40. The summed E-state index contributed by atoms with van der Waals surface area (Å²) in [5, 5.41) is 4.32. The second kappa shape index (κ2) is 5.39. The Morgan fingerprint density at radius 3 is 2.53 bits per heavy atom. The van der Waals surface area contributed by atoms with Gasteiger partial charge in [0, 0.05) is 4.43 Å². The van der Waals surface area contributed by atoms with Gasteiger partial charge >= 0.3 is 0 Å².